The van der Waals surface area contributed by atoms with Crippen LogP contribution >= 0.6 is 0 Å². The molecule has 3 rings (SSSR count). The molecule has 1 aromatic carbocycles. The molecule has 2 aromatic heterocycles. The number of aryl methyl sites for hydroxylation is 2. The molecule has 0 radical (unpaired) electrons. The van der Waals surface area contributed by atoms with E-state index in [0.717, 1.165) is 21.9 Å². The Balaban J connectivity index is 2.58. The highest BCUT2D eigenvalue weighted by Crippen LogP contribution is 2.29. The van der Waals surface area contributed by atoms with Crippen LogP contribution in [-0.2, 0) is 7.05 Å². The maximum absolute atomic E-state index is 5.48. The quantitative estimate of drug-likeness (QED) is 0.490. The fourth-order valence-electron chi connectivity index (χ4n) is 2.24. The van der Waals surface area contributed by atoms with Crippen molar-refractivity contribution in [1.29, 1.82) is 0 Å². The van der Waals surface area contributed by atoms with Crippen LogP contribution in [0, 0.1) is 6.92 Å². The van der Waals surface area contributed by atoms with Crippen LogP contribution in [0.15, 0.2) is 24.5 Å². The van der Waals surface area contributed by atoms with Crippen LogP contribution in [-0.4, -0.2) is 14.5 Å². The molecule has 0 bridgehead atoms. The summed E-state index contributed by atoms with van der Waals surface area (Å²) in [6.07, 6.45) is 1.52. The minimum Gasteiger partial charge on any atom is -0.339 e. The summed E-state index contributed by atoms with van der Waals surface area (Å²) < 4.78 is 2.06. The second kappa shape index (κ2) is 3.43. The minimum atomic E-state index is 0.645. The van der Waals surface area contributed by atoms with Gasteiger partial charge in [-0.15, -0.1) is 0 Å². The van der Waals surface area contributed by atoms with Crippen LogP contribution < -0.4 is 11.3 Å². The number of nitrogens with two attached hydrogens (primary N) is 1. The number of hydrogen-bond acceptors (Lipinski definition) is 4. The lowest BCUT2D eigenvalue weighted by Crippen LogP contribution is -2.10. The van der Waals surface area contributed by atoms with Gasteiger partial charge in [-0.2, -0.15) is 0 Å². The van der Waals surface area contributed by atoms with Crippen molar-refractivity contribution >= 4 is 27.8 Å². The number of rotatable bonds is 1. The first-order valence-corrected chi connectivity index (χ1v) is 5.38. The predicted octanol–water partition coefficient (Wildman–Crippen LogP) is 1.72. The molecule has 0 saturated carbocycles. The number of hydrogen-bond donors (Lipinski definition) is 2. The van der Waals surface area contributed by atoms with Crippen LogP contribution in [0.4, 0.5) is 5.82 Å². The SMILES string of the molecule is Cc1ccc2c3ncnc(NN)c3n(C)c2c1. The Kier molecular flexibility index (Phi) is 2.02. The van der Waals surface area contributed by atoms with Crippen LogP contribution in [0.3, 0.4) is 0 Å². The van der Waals surface area contributed by atoms with Gasteiger partial charge in [-0.1, -0.05) is 12.1 Å². The van der Waals surface area contributed by atoms with Crippen molar-refractivity contribution in [3.63, 3.8) is 0 Å². The summed E-state index contributed by atoms with van der Waals surface area (Å²) in [6, 6.07) is 6.30. The third-order valence-electron chi connectivity index (χ3n) is 3.06. The fraction of sp³-hybridized carbons (Fsp3) is 0.167. The number of nitrogen functional groups attached to an aromatic ring is 1. The average Bonchev–Trinajstić information content (AvgIpc) is 2.63. The number of fused-ring (bicyclic) bond motifs is 3. The smallest absolute Gasteiger partial charge is 0.168 e. The molecule has 0 spiro atoms. The first-order valence-electron chi connectivity index (χ1n) is 5.38. The number of nitrogens with one attached hydrogen (secondary N) is 1. The normalized spacial score (nSPS) is 11.2. The predicted molar refractivity (Wildman–Crippen MR) is 68.6 cm³/mol. The third kappa shape index (κ3) is 1.29. The van der Waals surface area contributed by atoms with Crippen LogP contribution in [0.2, 0.25) is 0 Å². The molecular formula is C12H13N5. The zero-order valence-corrected chi connectivity index (χ0v) is 9.73. The topological polar surface area (TPSA) is 68.8 Å². The van der Waals surface area contributed by atoms with Gasteiger partial charge in [-0.05, 0) is 18.6 Å². The Morgan fingerprint density at radius 2 is 2.12 bits per heavy atom. The molecule has 5 nitrogen and oxygen atoms in total. The summed E-state index contributed by atoms with van der Waals surface area (Å²) in [6.45, 7) is 2.07. The molecule has 86 valence electrons. The Hall–Kier alpha value is -2.14. The highest BCUT2D eigenvalue weighted by atomic mass is 15.3. The van der Waals surface area contributed by atoms with E-state index in [-0.39, 0.29) is 0 Å². The van der Waals surface area contributed by atoms with E-state index >= 15 is 0 Å². The van der Waals surface area contributed by atoms with Crippen molar-refractivity contribution in [2.45, 2.75) is 6.92 Å². The second-order valence-electron chi connectivity index (χ2n) is 4.14. The summed E-state index contributed by atoms with van der Waals surface area (Å²) in [5.41, 5.74) is 6.82. The Morgan fingerprint density at radius 1 is 1.29 bits per heavy atom. The summed E-state index contributed by atoms with van der Waals surface area (Å²) in [4.78, 5) is 8.48. The van der Waals surface area contributed by atoms with E-state index in [2.05, 4.69) is 45.1 Å². The molecule has 17 heavy (non-hydrogen) atoms. The molecule has 0 amide bonds. The van der Waals surface area contributed by atoms with Crippen molar-refractivity contribution in [2.75, 3.05) is 5.43 Å². The molecule has 0 aliphatic carbocycles. The van der Waals surface area contributed by atoms with Crippen LogP contribution in [0.5, 0.6) is 0 Å². The van der Waals surface area contributed by atoms with Gasteiger partial charge in [0.15, 0.2) is 5.82 Å². The highest BCUT2D eigenvalue weighted by Gasteiger charge is 2.13. The second-order valence-corrected chi connectivity index (χ2v) is 4.14. The Labute approximate surface area is 98.2 Å². The zero-order valence-electron chi connectivity index (χ0n) is 9.73. The minimum absolute atomic E-state index is 0.645. The van der Waals surface area contributed by atoms with Crippen molar-refractivity contribution in [1.82, 2.24) is 14.5 Å². The summed E-state index contributed by atoms with van der Waals surface area (Å²) in [5, 5.41) is 1.12. The third-order valence-corrected chi connectivity index (χ3v) is 3.06. The molecule has 0 unspecified atom stereocenters. The summed E-state index contributed by atoms with van der Waals surface area (Å²) >= 11 is 0. The maximum Gasteiger partial charge on any atom is 0.168 e. The lowest BCUT2D eigenvalue weighted by molar-refractivity contribution is 1.00. The van der Waals surface area contributed by atoms with Crippen molar-refractivity contribution in [3.05, 3.63) is 30.1 Å². The summed E-state index contributed by atoms with van der Waals surface area (Å²) in [5.74, 6) is 6.13. The van der Waals surface area contributed by atoms with Gasteiger partial charge in [-0.3, -0.25) is 0 Å². The molecule has 5 heteroatoms. The number of aromatic nitrogens is 3. The van der Waals surface area contributed by atoms with E-state index < -0.39 is 0 Å². The number of anilines is 1. The summed E-state index contributed by atoms with van der Waals surface area (Å²) in [7, 11) is 1.99. The van der Waals surface area contributed by atoms with Gasteiger partial charge in [0.2, 0.25) is 0 Å². The molecule has 0 aliphatic rings. The molecule has 0 fully saturated rings. The van der Waals surface area contributed by atoms with Gasteiger partial charge < -0.3 is 9.99 Å². The molecular weight excluding hydrogens is 214 g/mol. The van der Waals surface area contributed by atoms with Crippen molar-refractivity contribution < 1.29 is 0 Å². The van der Waals surface area contributed by atoms with E-state index in [1.807, 2.05) is 7.05 Å². The number of nitrogens with zero attached hydrogens (tertiary/aromatic N) is 3. The Morgan fingerprint density at radius 3 is 2.88 bits per heavy atom. The first-order chi connectivity index (χ1) is 8.22. The van der Waals surface area contributed by atoms with Gasteiger partial charge >= 0.3 is 0 Å². The van der Waals surface area contributed by atoms with E-state index in [9.17, 15) is 0 Å². The molecule has 2 heterocycles. The maximum atomic E-state index is 5.48. The van der Waals surface area contributed by atoms with E-state index in [1.165, 1.54) is 11.9 Å². The van der Waals surface area contributed by atoms with E-state index in [0.29, 0.717) is 5.82 Å². The molecule has 3 aromatic rings. The highest BCUT2D eigenvalue weighted by molar-refractivity contribution is 6.08. The van der Waals surface area contributed by atoms with Gasteiger partial charge in [0.05, 0.1) is 5.52 Å². The van der Waals surface area contributed by atoms with Gasteiger partial charge in [-0.25, -0.2) is 15.8 Å². The monoisotopic (exact) mass is 227 g/mol. The van der Waals surface area contributed by atoms with Gasteiger partial charge in [0.25, 0.3) is 0 Å². The van der Waals surface area contributed by atoms with Crippen LogP contribution in [0.1, 0.15) is 5.56 Å². The molecule has 3 N–H and O–H groups in total. The van der Waals surface area contributed by atoms with Crippen LogP contribution in [0.25, 0.3) is 21.9 Å². The van der Waals surface area contributed by atoms with E-state index in [1.54, 1.807) is 0 Å². The first kappa shape index (κ1) is 10.0. The Bertz CT molecular complexity index is 714. The van der Waals surface area contributed by atoms with Crippen molar-refractivity contribution in [2.24, 2.45) is 12.9 Å². The average molecular weight is 227 g/mol. The van der Waals surface area contributed by atoms with Gasteiger partial charge in [0, 0.05) is 12.4 Å². The largest absolute Gasteiger partial charge is 0.339 e. The standard InChI is InChI=1S/C12H13N5/c1-7-3-4-8-9(5-7)17(2)11-10(8)14-6-15-12(11)16-13/h3-6H,13H2,1-2H3,(H,14,15,16). The molecule has 0 saturated heterocycles. The van der Waals surface area contributed by atoms with Crippen molar-refractivity contribution in [3.8, 4) is 0 Å². The van der Waals surface area contributed by atoms with E-state index in [4.69, 9.17) is 5.84 Å². The zero-order chi connectivity index (χ0) is 12.0. The fourth-order valence-corrected chi connectivity index (χ4v) is 2.24. The molecule has 0 aliphatic heterocycles. The van der Waals surface area contributed by atoms with Gasteiger partial charge in [0.1, 0.15) is 17.4 Å². The number of benzene rings is 1. The lowest BCUT2D eigenvalue weighted by Gasteiger charge is -2.02. The lowest BCUT2D eigenvalue weighted by atomic mass is 10.2. The number of hydrazine groups is 1. The molecule has 0 atom stereocenters.